The molecule has 1 rings (SSSR count). The Balaban J connectivity index is 2.22. The molecule has 4 nitrogen and oxygen atoms in total. The molecule has 1 aromatic heterocycles. The van der Waals surface area contributed by atoms with Gasteiger partial charge in [0.15, 0.2) is 0 Å². The monoisotopic (exact) mass is 197 g/mol. The highest BCUT2D eigenvalue weighted by molar-refractivity contribution is 4.96. The SMILES string of the molecule is NCCc1cn(CCCCCO)cn1. The fourth-order valence-electron chi connectivity index (χ4n) is 1.39. The van der Waals surface area contributed by atoms with Crippen LogP contribution in [0.15, 0.2) is 12.5 Å². The van der Waals surface area contributed by atoms with Crippen LogP contribution in [-0.2, 0) is 13.0 Å². The number of hydrogen-bond donors (Lipinski definition) is 2. The van der Waals surface area contributed by atoms with E-state index in [-0.39, 0.29) is 0 Å². The average Bonchev–Trinajstić information content (AvgIpc) is 2.61. The zero-order valence-electron chi connectivity index (χ0n) is 8.52. The van der Waals surface area contributed by atoms with Crippen molar-refractivity contribution in [3.05, 3.63) is 18.2 Å². The Bertz CT molecular complexity index is 247. The topological polar surface area (TPSA) is 64.1 Å². The number of nitrogens with two attached hydrogens (primary N) is 1. The largest absolute Gasteiger partial charge is 0.396 e. The first-order valence-corrected chi connectivity index (χ1v) is 5.18. The number of aryl methyl sites for hydroxylation is 1. The molecule has 80 valence electrons. The molecular formula is C10H19N3O. The molecule has 1 aromatic rings. The molecule has 0 atom stereocenters. The number of aliphatic hydroxyl groups excluding tert-OH is 1. The van der Waals surface area contributed by atoms with Crippen LogP contribution in [0.25, 0.3) is 0 Å². The van der Waals surface area contributed by atoms with Crippen LogP contribution in [0.1, 0.15) is 25.0 Å². The third kappa shape index (κ3) is 3.89. The van der Waals surface area contributed by atoms with Gasteiger partial charge in [0, 0.05) is 25.8 Å². The van der Waals surface area contributed by atoms with Gasteiger partial charge in [0.25, 0.3) is 0 Å². The summed E-state index contributed by atoms with van der Waals surface area (Å²) < 4.78 is 2.09. The lowest BCUT2D eigenvalue weighted by molar-refractivity contribution is 0.282. The summed E-state index contributed by atoms with van der Waals surface area (Å²) in [4.78, 5) is 4.24. The van der Waals surface area contributed by atoms with Crippen molar-refractivity contribution in [2.24, 2.45) is 5.73 Å². The van der Waals surface area contributed by atoms with Gasteiger partial charge in [-0.25, -0.2) is 4.98 Å². The number of aromatic nitrogens is 2. The Morgan fingerprint density at radius 1 is 1.36 bits per heavy atom. The van der Waals surface area contributed by atoms with Crippen LogP contribution in [0.5, 0.6) is 0 Å². The predicted molar refractivity (Wildman–Crippen MR) is 55.9 cm³/mol. The van der Waals surface area contributed by atoms with Crippen LogP contribution in [0.2, 0.25) is 0 Å². The maximum atomic E-state index is 8.60. The van der Waals surface area contributed by atoms with Gasteiger partial charge in [-0.2, -0.15) is 0 Å². The molecule has 14 heavy (non-hydrogen) atoms. The van der Waals surface area contributed by atoms with Gasteiger partial charge in [0.2, 0.25) is 0 Å². The zero-order chi connectivity index (χ0) is 10.2. The lowest BCUT2D eigenvalue weighted by atomic mass is 10.2. The van der Waals surface area contributed by atoms with Crippen molar-refractivity contribution in [3.8, 4) is 0 Å². The fourth-order valence-corrected chi connectivity index (χ4v) is 1.39. The first-order chi connectivity index (χ1) is 6.86. The lowest BCUT2D eigenvalue weighted by Gasteiger charge is -2.00. The molecule has 0 saturated heterocycles. The van der Waals surface area contributed by atoms with Gasteiger partial charge in [-0.1, -0.05) is 0 Å². The zero-order valence-corrected chi connectivity index (χ0v) is 8.52. The number of imidazole rings is 1. The molecule has 0 saturated carbocycles. The summed E-state index contributed by atoms with van der Waals surface area (Å²) in [6, 6.07) is 0. The van der Waals surface area contributed by atoms with Gasteiger partial charge in [0.05, 0.1) is 12.0 Å². The molecule has 0 amide bonds. The minimum absolute atomic E-state index is 0.294. The summed E-state index contributed by atoms with van der Waals surface area (Å²) in [5, 5.41) is 8.60. The lowest BCUT2D eigenvalue weighted by Crippen LogP contribution is -2.02. The van der Waals surface area contributed by atoms with Gasteiger partial charge >= 0.3 is 0 Å². The Morgan fingerprint density at radius 2 is 2.21 bits per heavy atom. The second-order valence-corrected chi connectivity index (χ2v) is 3.43. The van der Waals surface area contributed by atoms with Gasteiger partial charge in [0.1, 0.15) is 0 Å². The van der Waals surface area contributed by atoms with Crippen molar-refractivity contribution < 1.29 is 5.11 Å². The molecule has 0 bridgehead atoms. The molecule has 0 aliphatic heterocycles. The number of aliphatic hydroxyl groups is 1. The van der Waals surface area contributed by atoms with E-state index in [1.165, 1.54) is 0 Å². The number of unbranched alkanes of at least 4 members (excludes halogenated alkanes) is 2. The third-order valence-electron chi connectivity index (χ3n) is 2.16. The molecule has 0 aromatic carbocycles. The predicted octanol–water partition coefficient (Wildman–Crippen LogP) is 0.547. The smallest absolute Gasteiger partial charge is 0.0949 e. The van der Waals surface area contributed by atoms with Crippen molar-refractivity contribution >= 4 is 0 Å². The molecule has 0 fully saturated rings. The Labute approximate surface area is 84.8 Å². The highest BCUT2D eigenvalue weighted by Crippen LogP contribution is 2.01. The van der Waals surface area contributed by atoms with Crippen molar-refractivity contribution in [2.45, 2.75) is 32.2 Å². The Kier molecular flexibility index (Phi) is 5.25. The molecule has 0 radical (unpaired) electrons. The van der Waals surface area contributed by atoms with Crippen molar-refractivity contribution in [1.82, 2.24) is 9.55 Å². The first kappa shape index (κ1) is 11.2. The van der Waals surface area contributed by atoms with E-state index in [9.17, 15) is 0 Å². The molecule has 0 aliphatic carbocycles. The Morgan fingerprint density at radius 3 is 2.93 bits per heavy atom. The van der Waals surface area contributed by atoms with Crippen LogP contribution in [0.4, 0.5) is 0 Å². The molecule has 4 heteroatoms. The van der Waals surface area contributed by atoms with E-state index >= 15 is 0 Å². The van der Waals surface area contributed by atoms with Crippen LogP contribution < -0.4 is 5.73 Å². The summed E-state index contributed by atoms with van der Waals surface area (Å²) in [7, 11) is 0. The van der Waals surface area contributed by atoms with E-state index in [1.54, 1.807) is 0 Å². The number of nitrogens with zero attached hydrogens (tertiary/aromatic N) is 2. The molecule has 1 heterocycles. The summed E-state index contributed by atoms with van der Waals surface area (Å²) in [5.41, 5.74) is 6.50. The van der Waals surface area contributed by atoms with Crippen molar-refractivity contribution in [1.29, 1.82) is 0 Å². The van der Waals surface area contributed by atoms with Crippen molar-refractivity contribution in [3.63, 3.8) is 0 Å². The van der Waals surface area contributed by atoms with Crippen LogP contribution in [-0.4, -0.2) is 27.8 Å². The van der Waals surface area contributed by atoms with Crippen LogP contribution >= 0.6 is 0 Å². The van der Waals surface area contributed by atoms with Gasteiger partial charge in [-0.3, -0.25) is 0 Å². The quantitative estimate of drug-likeness (QED) is 0.627. The molecule has 0 aliphatic rings. The van der Waals surface area contributed by atoms with Crippen molar-refractivity contribution in [2.75, 3.05) is 13.2 Å². The summed E-state index contributed by atoms with van der Waals surface area (Å²) in [6.07, 6.45) is 7.81. The minimum atomic E-state index is 0.294. The second kappa shape index (κ2) is 6.56. The molecule has 3 N–H and O–H groups in total. The molecular weight excluding hydrogens is 178 g/mol. The second-order valence-electron chi connectivity index (χ2n) is 3.43. The maximum absolute atomic E-state index is 8.60. The third-order valence-corrected chi connectivity index (χ3v) is 2.16. The molecule has 0 spiro atoms. The van der Waals surface area contributed by atoms with E-state index in [2.05, 4.69) is 9.55 Å². The van der Waals surface area contributed by atoms with Crippen LogP contribution in [0, 0.1) is 0 Å². The standard InChI is InChI=1S/C10H19N3O/c11-5-4-10-8-13(9-12-10)6-2-1-3-7-14/h8-9,14H,1-7,11H2. The van der Waals surface area contributed by atoms with E-state index in [0.29, 0.717) is 13.2 Å². The minimum Gasteiger partial charge on any atom is -0.396 e. The first-order valence-electron chi connectivity index (χ1n) is 5.18. The average molecular weight is 197 g/mol. The highest BCUT2D eigenvalue weighted by Gasteiger charge is 1.97. The Hall–Kier alpha value is -0.870. The normalized spacial score (nSPS) is 10.7. The number of hydrogen-bond acceptors (Lipinski definition) is 3. The summed E-state index contributed by atoms with van der Waals surface area (Å²) in [5.74, 6) is 0. The maximum Gasteiger partial charge on any atom is 0.0949 e. The fraction of sp³-hybridized carbons (Fsp3) is 0.700. The van der Waals surface area contributed by atoms with E-state index < -0.39 is 0 Å². The van der Waals surface area contributed by atoms with E-state index in [0.717, 1.165) is 37.9 Å². The van der Waals surface area contributed by atoms with E-state index in [1.807, 2.05) is 12.5 Å². The van der Waals surface area contributed by atoms with Crippen LogP contribution in [0.3, 0.4) is 0 Å². The van der Waals surface area contributed by atoms with Gasteiger partial charge < -0.3 is 15.4 Å². The van der Waals surface area contributed by atoms with Gasteiger partial charge in [-0.05, 0) is 25.8 Å². The highest BCUT2D eigenvalue weighted by atomic mass is 16.2. The number of rotatable bonds is 7. The summed E-state index contributed by atoms with van der Waals surface area (Å²) >= 11 is 0. The summed E-state index contributed by atoms with van der Waals surface area (Å²) in [6.45, 7) is 1.93. The molecule has 0 unspecified atom stereocenters. The van der Waals surface area contributed by atoms with E-state index in [4.69, 9.17) is 10.8 Å². The van der Waals surface area contributed by atoms with Gasteiger partial charge in [-0.15, -0.1) is 0 Å².